The van der Waals surface area contributed by atoms with Gasteiger partial charge in [-0.25, -0.2) is 0 Å². The number of aliphatic hydroxyl groups excluding tert-OH is 1. The number of β-amino-alcohol motifs (C(OH)–C–C–N with tert-alkyl or cyclic N) is 1. The van der Waals surface area contributed by atoms with Crippen molar-refractivity contribution in [3.05, 3.63) is 29.8 Å². The summed E-state index contributed by atoms with van der Waals surface area (Å²) >= 11 is 0. The Labute approximate surface area is 151 Å². The van der Waals surface area contributed by atoms with Crippen molar-refractivity contribution in [2.75, 3.05) is 39.3 Å². The molecule has 1 aromatic carbocycles. The lowest BCUT2D eigenvalue weighted by Crippen LogP contribution is -2.39. The number of rotatable bonds is 7. The Balaban J connectivity index is 1.81. The van der Waals surface area contributed by atoms with Gasteiger partial charge in [-0.15, -0.1) is 0 Å². The molecule has 1 unspecified atom stereocenters. The summed E-state index contributed by atoms with van der Waals surface area (Å²) in [6, 6.07) is 8.00. The first-order valence-corrected chi connectivity index (χ1v) is 9.41. The number of ether oxygens (including phenoxy) is 1. The first-order valence-electron chi connectivity index (χ1n) is 9.41. The van der Waals surface area contributed by atoms with Crippen LogP contribution >= 0.6 is 0 Å². The Morgan fingerprint density at radius 1 is 1.20 bits per heavy atom. The summed E-state index contributed by atoms with van der Waals surface area (Å²) < 4.78 is 5.87. The number of carbonyl (C=O) groups excluding carboxylic acids is 1. The Hall–Kier alpha value is -1.59. The van der Waals surface area contributed by atoms with Gasteiger partial charge in [-0.05, 0) is 30.5 Å². The molecule has 0 radical (unpaired) electrons. The third kappa shape index (κ3) is 6.01. The maximum absolute atomic E-state index is 11.8. The van der Waals surface area contributed by atoms with Gasteiger partial charge in [0, 0.05) is 32.6 Å². The minimum Gasteiger partial charge on any atom is -0.491 e. The fourth-order valence-electron chi connectivity index (χ4n) is 3.25. The van der Waals surface area contributed by atoms with E-state index in [9.17, 15) is 9.90 Å². The van der Waals surface area contributed by atoms with Crippen molar-refractivity contribution in [2.45, 2.75) is 45.6 Å². The molecule has 1 fully saturated rings. The third-order valence-corrected chi connectivity index (χ3v) is 4.68. The van der Waals surface area contributed by atoms with Gasteiger partial charge in [0.2, 0.25) is 5.91 Å². The summed E-state index contributed by atoms with van der Waals surface area (Å²) in [6.07, 6.45) is 0.981. The van der Waals surface area contributed by atoms with Gasteiger partial charge in [0.15, 0.2) is 0 Å². The van der Waals surface area contributed by atoms with E-state index in [4.69, 9.17) is 4.74 Å². The van der Waals surface area contributed by atoms with Gasteiger partial charge < -0.3 is 14.7 Å². The topological polar surface area (TPSA) is 53.0 Å². The van der Waals surface area contributed by atoms with Crippen molar-refractivity contribution in [3.63, 3.8) is 0 Å². The van der Waals surface area contributed by atoms with Crippen molar-refractivity contribution < 1.29 is 14.6 Å². The first-order chi connectivity index (χ1) is 12.0. The highest BCUT2D eigenvalue weighted by Crippen LogP contribution is 2.25. The molecule has 2 rings (SSSR count). The molecule has 0 aliphatic carbocycles. The normalized spacial score (nSPS) is 17.4. The molecule has 0 spiro atoms. The summed E-state index contributed by atoms with van der Waals surface area (Å²) in [5, 5.41) is 10.4. The predicted octanol–water partition coefficient (Wildman–Crippen LogP) is 2.49. The highest BCUT2D eigenvalue weighted by Gasteiger charge is 2.20. The van der Waals surface area contributed by atoms with Crippen LogP contribution in [0.3, 0.4) is 0 Å². The number of hydrogen-bond donors (Lipinski definition) is 1. The van der Waals surface area contributed by atoms with E-state index in [-0.39, 0.29) is 12.5 Å². The van der Waals surface area contributed by atoms with Crippen molar-refractivity contribution in [3.8, 4) is 5.75 Å². The minimum atomic E-state index is -0.534. The molecule has 1 saturated heterocycles. The lowest BCUT2D eigenvalue weighted by molar-refractivity contribution is -0.130. The summed E-state index contributed by atoms with van der Waals surface area (Å²) in [4.78, 5) is 16.0. The third-order valence-electron chi connectivity index (χ3n) is 4.68. The van der Waals surface area contributed by atoms with E-state index in [2.05, 4.69) is 24.8 Å². The molecule has 0 aromatic heterocycles. The van der Waals surface area contributed by atoms with E-state index in [1.54, 1.807) is 0 Å². The Morgan fingerprint density at radius 3 is 2.68 bits per heavy atom. The van der Waals surface area contributed by atoms with E-state index in [1.165, 1.54) is 0 Å². The largest absolute Gasteiger partial charge is 0.491 e. The van der Waals surface area contributed by atoms with Crippen LogP contribution in [-0.2, 0) is 4.79 Å². The molecule has 1 N–H and O–H groups in total. The molecule has 140 valence electrons. The number of nitrogens with zero attached hydrogens (tertiary/aromatic N) is 2. The molecule has 1 amide bonds. The second-order valence-corrected chi connectivity index (χ2v) is 7.05. The van der Waals surface area contributed by atoms with Gasteiger partial charge in [0.05, 0.1) is 0 Å². The predicted molar refractivity (Wildman–Crippen MR) is 100.0 cm³/mol. The van der Waals surface area contributed by atoms with Crippen molar-refractivity contribution in [1.82, 2.24) is 9.80 Å². The van der Waals surface area contributed by atoms with Gasteiger partial charge >= 0.3 is 0 Å². The van der Waals surface area contributed by atoms with Crippen LogP contribution in [0, 0.1) is 0 Å². The molecular weight excluding hydrogens is 316 g/mol. The molecule has 1 heterocycles. The van der Waals surface area contributed by atoms with Crippen molar-refractivity contribution >= 4 is 5.91 Å². The highest BCUT2D eigenvalue weighted by molar-refractivity contribution is 5.75. The van der Waals surface area contributed by atoms with Gasteiger partial charge in [-0.2, -0.15) is 0 Å². The number of amides is 1. The van der Waals surface area contributed by atoms with Crippen LogP contribution in [0.15, 0.2) is 24.3 Å². The standard InChI is InChI=1S/C20H32N2O3/c1-4-20(24)22-11-7-10-21(12-13-22)14-17(23)15-25-19-9-6-5-8-18(19)16(2)3/h5-6,8-9,16-17,23H,4,7,10-15H2,1-3H3. The van der Waals surface area contributed by atoms with E-state index in [0.29, 0.717) is 18.9 Å². The molecule has 5 heteroatoms. The zero-order valence-electron chi connectivity index (χ0n) is 15.8. The van der Waals surface area contributed by atoms with Crippen LogP contribution in [0.4, 0.5) is 0 Å². The van der Waals surface area contributed by atoms with Gasteiger partial charge in [0.25, 0.3) is 0 Å². The van der Waals surface area contributed by atoms with Crippen LogP contribution in [0.5, 0.6) is 5.75 Å². The summed E-state index contributed by atoms with van der Waals surface area (Å²) in [6.45, 7) is 10.3. The molecule has 25 heavy (non-hydrogen) atoms. The Kier molecular flexibility index (Phi) is 7.72. The average Bonchev–Trinajstić information content (AvgIpc) is 2.85. The van der Waals surface area contributed by atoms with Gasteiger partial charge in [0.1, 0.15) is 18.5 Å². The lowest BCUT2D eigenvalue weighted by Gasteiger charge is -2.24. The summed E-state index contributed by atoms with van der Waals surface area (Å²) in [5.74, 6) is 1.46. The fraction of sp³-hybridized carbons (Fsp3) is 0.650. The maximum Gasteiger partial charge on any atom is 0.222 e. The Bertz CT molecular complexity index is 547. The minimum absolute atomic E-state index is 0.219. The molecule has 1 aromatic rings. The maximum atomic E-state index is 11.8. The monoisotopic (exact) mass is 348 g/mol. The molecule has 1 atom stereocenters. The molecule has 1 aliphatic heterocycles. The van der Waals surface area contributed by atoms with E-state index in [0.717, 1.165) is 43.9 Å². The van der Waals surface area contributed by atoms with Crippen LogP contribution in [0.25, 0.3) is 0 Å². The van der Waals surface area contributed by atoms with Crippen molar-refractivity contribution in [2.24, 2.45) is 0 Å². The van der Waals surface area contributed by atoms with E-state index in [1.807, 2.05) is 30.0 Å². The summed E-state index contributed by atoms with van der Waals surface area (Å²) in [5.41, 5.74) is 1.16. The quantitative estimate of drug-likeness (QED) is 0.823. The Morgan fingerprint density at radius 2 is 1.96 bits per heavy atom. The van der Waals surface area contributed by atoms with Crippen LogP contribution in [0.2, 0.25) is 0 Å². The number of benzene rings is 1. The molecular formula is C20H32N2O3. The lowest BCUT2D eigenvalue weighted by atomic mass is 10.0. The van der Waals surface area contributed by atoms with E-state index < -0.39 is 6.10 Å². The van der Waals surface area contributed by atoms with Crippen LogP contribution in [-0.4, -0.2) is 66.2 Å². The van der Waals surface area contributed by atoms with Crippen molar-refractivity contribution in [1.29, 1.82) is 0 Å². The van der Waals surface area contributed by atoms with Crippen LogP contribution in [0.1, 0.15) is 45.1 Å². The van der Waals surface area contributed by atoms with Crippen LogP contribution < -0.4 is 4.74 Å². The number of para-hydroxylation sites is 1. The first kappa shape index (κ1) is 19.7. The zero-order chi connectivity index (χ0) is 18.2. The van der Waals surface area contributed by atoms with Gasteiger partial charge in [-0.3, -0.25) is 9.69 Å². The molecule has 1 aliphatic rings. The molecule has 5 nitrogen and oxygen atoms in total. The second kappa shape index (κ2) is 9.78. The zero-order valence-corrected chi connectivity index (χ0v) is 15.8. The molecule has 0 bridgehead atoms. The number of carbonyl (C=O) groups is 1. The fourth-order valence-corrected chi connectivity index (χ4v) is 3.25. The average molecular weight is 348 g/mol. The van der Waals surface area contributed by atoms with Gasteiger partial charge in [-0.1, -0.05) is 39.0 Å². The summed E-state index contributed by atoms with van der Waals surface area (Å²) in [7, 11) is 0. The number of aliphatic hydroxyl groups is 1. The second-order valence-electron chi connectivity index (χ2n) is 7.05. The smallest absolute Gasteiger partial charge is 0.222 e. The highest BCUT2D eigenvalue weighted by atomic mass is 16.5. The van der Waals surface area contributed by atoms with E-state index >= 15 is 0 Å². The SMILES string of the molecule is CCC(=O)N1CCCN(CC(O)COc2ccccc2C(C)C)CC1. The molecule has 0 saturated carbocycles. The number of hydrogen-bond acceptors (Lipinski definition) is 4.